The van der Waals surface area contributed by atoms with Crippen molar-refractivity contribution < 1.29 is 2.85 Å². The number of hydrogen-bond acceptors (Lipinski definition) is 1. The Balaban J connectivity index is 0.00000112. The van der Waals surface area contributed by atoms with Crippen molar-refractivity contribution in [3.63, 3.8) is 0 Å². The smallest absolute Gasteiger partial charge is 0.0454 e. The first-order valence-corrected chi connectivity index (χ1v) is 5.17. The molecule has 0 aliphatic heterocycles. The summed E-state index contributed by atoms with van der Waals surface area (Å²) >= 11 is 0. The van der Waals surface area contributed by atoms with Crippen LogP contribution in [0.5, 0.6) is 0 Å². The fraction of sp³-hybridized carbons (Fsp3) is 0.333. The molecule has 0 bridgehead atoms. The highest BCUT2D eigenvalue weighted by Crippen LogP contribution is 2.14. The van der Waals surface area contributed by atoms with Gasteiger partial charge >= 0.3 is 0 Å². The standard InChI is InChI=1S/C12H16N2.2H2/c1-2-13-7-5-10-3-4-12-11(9-10)6-8-14-12;;/h3-4,6,8-9,13-14H,2,5,7H2,1H3;2*1H. The van der Waals surface area contributed by atoms with Crippen molar-refractivity contribution in [1.29, 1.82) is 0 Å². The lowest BCUT2D eigenvalue weighted by atomic mass is 10.1. The van der Waals surface area contributed by atoms with E-state index in [0.29, 0.717) is 0 Å². The average molecular weight is 192 g/mol. The third-order valence-electron chi connectivity index (χ3n) is 2.46. The minimum atomic E-state index is 0. The van der Waals surface area contributed by atoms with Crippen molar-refractivity contribution in [3.8, 4) is 0 Å². The highest BCUT2D eigenvalue weighted by atomic mass is 14.8. The van der Waals surface area contributed by atoms with E-state index in [4.69, 9.17) is 0 Å². The van der Waals surface area contributed by atoms with Crippen LogP contribution in [-0.2, 0) is 6.42 Å². The van der Waals surface area contributed by atoms with Gasteiger partial charge in [0.05, 0.1) is 0 Å². The van der Waals surface area contributed by atoms with Crippen LogP contribution in [0.2, 0.25) is 0 Å². The maximum Gasteiger partial charge on any atom is 0.0454 e. The summed E-state index contributed by atoms with van der Waals surface area (Å²) in [4.78, 5) is 3.20. The Kier molecular flexibility index (Phi) is 2.84. The van der Waals surface area contributed by atoms with E-state index in [1.165, 1.54) is 16.5 Å². The van der Waals surface area contributed by atoms with Gasteiger partial charge in [0.2, 0.25) is 0 Å². The Hall–Kier alpha value is -1.28. The van der Waals surface area contributed by atoms with E-state index < -0.39 is 0 Å². The van der Waals surface area contributed by atoms with Crippen molar-refractivity contribution >= 4 is 10.9 Å². The van der Waals surface area contributed by atoms with Crippen LogP contribution in [0.25, 0.3) is 10.9 Å². The van der Waals surface area contributed by atoms with Gasteiger partial charge in [-0.3, -0.25) is 0 Å². The molecule has 0 unspecified atom stereocenters. The summed E-state index contributed by atoms with van der Waals surface area (Å²) in [5.74, 6) is 0. The van der Waals surface area contributed by atoms with Crippen molar-refractivity contribution in [2.45, 2.75) is 13.3 Å². The molecule has 0 saturated heterocycles. The lowest BCUT2D eigenvalue weighted by Gasteiger charge is -2.02. The third kappa shape index (κ3) is 1.96. The maximum atomic E-state index is 3.33. The topological polar surface area (TPSA) is 27.8 Å². The number of benzene rings is 1. The first-order valence-electron chi connectivity index (χ1n) is 5.17. The van der Waals surface area contributed by atoms with Crippen LogP contribution in [-0.4, -0.2) is 18.1 Å². The van der Waals surface area contributed by atoms with Crippen molar-refractivity contribution in [1.82, 2.24) is 10.3 Å². The van der Waals surface area contributed by atoms with E-state index in [1.54, 1.807) is 0 Å². The summed E-state index contributed by atoms with van der Waals surface area (Å²) in [6.45, 7) is 4.24. The Bertz CT molecular complexity index is 412. The summed E-state index contributed by atoms with van der Waals surface area (Å²) in [6, 6.07) is 8.71. The molecule has 0 aliphatic rings. The zero-order chi connectivity index (χ0) is 9.80. The Morgan fingerprint density at radius 2 is 2.29 bits per heavy atom. The summed E-state index contributed by atoms with van der Waals surface area (Å²) < 4.78 is 0. The number of hydrogen-bond donors (Lipinski definition) is 2. The second kappa shape index (κ2) is 4.29. The molecule has 0 fully saturated rings. The Morgan fingerprint density at radius 1 is 1.36 bits per heavy atom. The number of likely N-dealkylation sites (N-methyl/N-ethyl adjacent to an activating group) is 1. The number of fused-ring (bicyclic) bond motifs is 1. The molecular formula is C12H20N2. The number of aromatic amines is 1. The van der Waals surface area contributed by atoms with E-state index >= 15 is 0 Å². The van der Waals surface area contributed by atoms with Crippen LogP contribution < -0.4 is 5.32 Å². The van der Waals surface area contributed by atoms with E-state index in [-0.39, 0.29) is 2.85 Å². The molecule has 0 aliphatic carbocycles. The van der Waals surface area contributed by atoms with Crippen LogP contribution in [0.4, 0.5) is 0 Å². The van der Waals surface area contributed by atoms with Crippen molar-refractivity contribution in [2.75, 3.05) is 13.1 Å². The molecule has 1 heterocycles. The van der Waals surface area contributed by atoms with Crippen molar-refractivity contribution in [3.05, 3.63) is 36.0 Å². The molecule has 1 aromatic heterocycles. The molecule has 0 saturated carbocycles. The zero-order valence-electron chi connectivity index (χ0n) is 8.51. The molecule has 2 nitrogen and oxygen atoms in total. The third-order valence-corrected chi connectivity index (χ3v) is 2.46. The summed E-state index contributed by atoms with van der Waals surface area (Å²) in [5, 5.41) is 4.64. The Labute approximate surface area is 87.3 Å². The summed E-state index contributed by atoms with van der Waals surface area (Å²) in [7, 11) is 0. The van der Waals surface area contributed by atoms with Gasteiger partial charge < -0.3 is 10.3 Å². The highest BCUT2D eigenvalue weighted by Gasteiger charge is 1.96. The van der Waals surface area contributed by atoms with Gasteiger partial charge in [-0.2, -0.15) is 0 Å². The summed E-state index contributed by atoms with van der Waals surface area (Å²) in [6.07, 6.45) is 3.09. The predicted molar refractivity (Wildman–Crippen MR) is 64.8 cm³/mol. The maximum absolute atomic E-state index is 3.33. The van der Waals surface area contributed by atoms with Crippen molar-refractivity contribution in [2.24, 2.45) is 0 Å². The van der Waals surface area contributed by atoms with Gasteiger partial charge in [-0.25, -0.2) is 0 Å². The molecule has 14 heavy (non-hydrogen) atoms. The second-order valence-electron chi connectivity index (χ2n) is 3.50. The first kappa shape index (κ1) is 9.28. The van der Waals surface area contributed by atoms with Crippen LogP contribution in [0.15, 0.2) is 30.5 Å². The Morgan fingerprint density at radius 3 is 3.14 bits per heavy atom. The lowest BCUT2D eigenvalue weighted by Crippen LogP contribution is -2.15. The van der Waals surface area contributed by atoms with Gasteiger partial charge in [-0.1, -0.05) is 13.0 Å². The van der Waals surface area contributed by atoms with Gasteiger partial charge in [0, 0.05) is 14.6 Å². The monoisotopic (exact) mass is 192 g/mol. The molecule has 0 radical (unpaired) electrons. The number of nitrogens with one attached hydrogen (secondary N) is 2. The molecule has 2 rings (SSSR count). The van der Waals surface area contributed by atoms with E-state index in [2.05, 4.69) is 41.5 Å². The van der Waals surface area contributed by atoms with E-state index in [9.17, 15) is 0 Å². The van der Waals surface area contributed by atoms with Gasteiger partial charge in [-0.05, 0) is 48.7 Å². The number of rotatable bonds is 4. The minimum Gasteiger partial charge on any atom is -0.361 e. The van der Waals surface area contributed by atoms with Crippen LogP contribution >= 0.6 is 0 Å². The van der Waals surface area contributed by atoms with Crippen LogP contribution in [0.1, 0.15) is 15.3 Å². The fourth-order valence-electron chi connectivity index (χ4n) is 1.67. The molecule has 1 aromatic carbocycles. The van der Waals surface area contributed by atoms with Gasteiger partial charge in [0.25, 0.3) is 0 Å². The molecule has 0 spiro atoms. The van der Waals surface area contributed by atoms with Crippen LogP contribution in [0.3, 0.4) is 0 Å². The van der Waals surface area contributed by atoms with Gasteiger partial charge in [0.1, 0.15) is 0 Å². The largest absolute Gasteiger partial charge is 0.361 e. The molecule has 2 N–H and O–H groups in total. The van der Waals surface area contributed by atoms with Gasteiger partial charge in [0.15, 0.2) is 0 Å². The zero-order valence-corrected chi connectivity index (χ0v) is 8.51. The van der Waals surface area contributed by atoms with Crippen LogP contribution in [0, 0.1) is 0 Å². The minimum absolute atomic E-state index is 0. The molecule has 0 amide bonds. The fourth-order valence-corrected chi connectivity index (χ4v) is 1.67. The predicted octanol–water partition coefficient (Wildman–Crippen LogP) is 2.81. The first-order chi connectivity index (χ1) is 6.90. The SMILES string of the molecule is CCNCCc1ccc2[nH]ccc2c1.[HH].[HH]. The number of aromatic nitrogens is 1. The summed E-state index contributed by atoms with van der Waals surface area (Å²) in [5.41, 5.74) is 2.62. The molecular weight excluding hydrogens is 172 g/mol. The van der Waals surface area contributed by atoms with Gasteiger partial charge in [-0.15, -0.1) is 0 Å². The number of H-pyrrole nitrogens is 1. The quantitative estimate of drug-likeness (QED) is 0.716. The normalized spacial score (nSPS) is 10.9. The molecule has 2 heteroatoms. The molecule has 78 valence electrons. The lowest BCUT2D eigenvalue weighted by molar-refractivity contribution is 0.717. The van der Waals surface area contributed by atoms with E-state index in [1.807, 2.05) is 6.20 Å². The average Bonchev–Trinajstić information content (AvgIpc) is 2.65. The second-order valence-corrected chi connectivity index (χ2v) is 3.50. The van der Waals surface area contributed by atoms with E-state index in [0.717, 1.165) is 19.5 Å². The molecule has 2 aromatic rings. The highest BCUT2D eigenvalue weighted by molar-refractivity contribution is 5.79. The molecule has 0 atom stereocenters.